The Hall–Kier alpha value is -1.31. The van der Waals surface area contributed by atoms with Gasteiger partial charge in [-0.1, -0.05) is 12.2 Å². The molecule has 0 aromatic carbocycles. The molecule has 52 valence electrons. The fourth-order valence-electron chi connectivity index (χ4n) is 0.719. The van der Waals surface area contributed by atoms with Gasteiger partial charge in [0.05, 0.1) is 0 Å². The second kappa shape index (κ2) is 3.01. The van der Waals surface area contributed by atoms with E-state index in [1.54, 1.807) is 12.3 Å². The molecule has 0 fully saturated rings. The van der Waals surface area contributed by atoms with Gasteiger partial charge in [0.15, 0.2) is 0 Å². The van der Waals surface area contributed by atoms with Crippen LogP contribution in [0.15, 0.2) is 24.4 Å². The van der Waals surface area contributed by atoms with Crippen LogP contribution in [0.5, 0.6) is 5.88 Å². The summed E-state index contributed by atoms with van der Waals surface area (Å²) in [4.78, 5) is 3.70. The normalized spacial score (nSPS) is 10.5. The molecule has 10 heavy (non-hydrogen) atoms. The smallest absolute Gasteiger partial charge is 0.218 e. The van der Waals surface area contributed by atoms with Gasteiger partial charge in [-0.3, -0.25) is 0 Å². The molecule has 0 spiro atoms. The number of aromatic hydroxyl groups is 1. The summed E-state index contributed by atoms with van der Waals surface area (Å²) in [6.45, 7) is 1.90. The van der Waals surface area contributed by atoms with Crippen LogP contribution >= 0.6 is 0 Å². The molecule has 1 heterocycles. The average molecular weight is 135 g/mol. The molecule has 1 rings (SSSR count). The number of nitrogens with zero attached hydrogens (tertiary/aromatic N) is 1. The molecule has 0 saturated heterocycles. The van der Waals surface area contributed by atoms with Gasteiger partial charge in [-0.15, -0.1) is 0 Å². The van der Waals surface area contributed by atoms with E-state index in [0.29, 0.717) is 0 Å². The van der Waals surface area contributed by atoms with Crippen molar-refractivity contribution in [3.8, 4) is 5.88 Å². The Labute approximate surface area is 59.9 Å². The molecule has 0 aliphatic heterocycles. The molecule has 0 unspecified atom stereocenters. The van der Waals surface area contributed by atoms with Crippen molar-refractivity contribution in [2.24, 2.45) is 0 Å². The molecule has 0 amide bonds. The molecule has 0 atom stereocenters. The van der Waals surface area contributed by atoms with Crippen molar-refractivity contribution in [1.29, 1.82) is 0 Å². The van der Waals surface area contributed by atoms with Gasteiger partial charge in [0, 0.05) is 11.8 Å². The van der Waals surface area contributed by atoms with E-state index in [4.69, 9.17) is 5.11 Å². The zero-order valence-corrected chi connectivity index (χ0v) is 5.78. The van der Waals surface area contributed by atoms with Crippen molar-refractivity contribution >= 4 is 6.08 Å². The van der Waals surface area contributed by atoms with Crippen LogP contribution in [0, 0.1) is 0 Å². The fraction of sp³-hybridized carbons (Fsp3) is 0.125. The summed E-state index contributed by atoms with van der Waals surface area (Å²) in [6.07, 6.45) is 5.22. The summed E-state index contributed by atoms with van der Waals surface area (Å²) < 4.78 is 0. The summed E-state index contributed by atoms with van der Waals surface area (Å²) in [5.74, 6) is 0.0839. The zero-order valence-electron chi connectivity index (χ0n) is 5.78. The summed E-state index contributed by atoms with van der Waals surface area (Å²) >= 11 is 0. The van der Waals surface area contributed by atoms with Crippen LogP contribution in [0.2, 0.25) is 0 Å². The van der Waals surface area contributed by atoms with E-state index in [2.05, 4.69) is 4.98 Å². The third-order valence-electron chi connectivity index (χ3n) is 1.16. The summed E-state index contributed by atoms with van der Waals surface area (Å²) in [5.41, 5.74) is 0.755. The minimum absolute atomic E-state index is 0.0839. The highest BCUT2D eigenvalue weighted by Crippen LogP contribution is 2.12. The Kier molecular flexibility index (Phi) is 2.05. The topological polar surface area (TPSA) is 33.1 Å². The van der Waals surface area contributed by atoms with E-state index in [1.807, 2.05) is 25.1 Å². The fourth-order valence-corrected chi connectivity index (χ4v) is 0.719. The first-order chi connectivity index (χ1) is 4.84. The number of aromatic nitrogens is 1. The van der Waals surface area contributed by atoms with Crippen LogP contribution in [0.4, 0.5) is 0 Å². The molecule has 0 aliphatic rings. The number of hydrogen-bond acceptors (Lipinski definition) is 2. The summed E-state index contributed by atoms with van der Waals surface area (Å²) in [6, 6.07) is 3.59. The Morgan fingerprint density at radius 1 is 1.60 bits per heavy atom. The van der Waals surface area contributed by atoms with E-state index < -0.39 is 0 Å². The predicted octanol–water partition coefficient (Wildman–Crippen LogP) is 1.82. The second-order valence-electron chi connectivity index (χ2n) is 1.92. The Morgan fingerprint density at radius 2 is 2.40 bits per heavy atom. The Balaban J connectivity index is 3.03. The molecule has 0 saturated carbocycles. The van der Waals surface area contributed by atoms with Gasteiger partial charge in [-0.05, 0) is 19.1 Å². The van der Waals surface area contributed by atoms with Crippen molar-refractivity contribution in [3.63, 3.8) is 0 Å². The van der Waals surface area contributed by atoms with Crippen LogP contribution in [0.25, 0.3) is 6.08 Å². The lowest BCUT2D eigenvalue weighted by Crippen LogP contribution is -1.76. The maximum Gasteiger partial charge on any atom is 0.218 e. The quantitative estimate of drug-likeness (QED) is 0.637. The highest BCUT2D eigenvalue weighted by atomic mass is 16.3. The Bertz CT molecular complexity index is 243. The molecule has 0 radical (unpaired) electrons. The molecule has 1 N–H and O–H groups in total. The monoisotopic (exact) mass is 135 g/mol. The SMILES string of the molecule is C/C=C/c1cccnc1O. The van der Waals surface area contributed by atoms with Crippen LogP contribution in [0.1, 0.15) is 12.5 Å². The maximum absolute atomic E-state index is 9.08. The van der Waals surface area contributed by atoms with Gasteiger partial charge in [0.1, 0.15) is 0 Å². The van der Waals surface area contributed by atoms with Crippen LogP contribution < -0.4 is 0 Å². The number of hydrogen-bond donors (Lipinski definition) is 1. The number of pyridine rings is 1. The first-order valence-electron chi connectivity index (χ1n) is 3.11. The number of rotatable bonds is 1. The second-order valence-corrected chi connectivity index (χ2v) is 1.92. The van der Waals surface area contributed by atoms with Crippen molar-refractivity contribution < 1.29 is 5.11 Å². The predicted molar refractivity (Wildman–Crippen MR) is 40.6 cm³/mol. The highest BCUT2D eigenvalue weighted by Gasteiger charge is 1.92. The minimum atomic E-state index is 0.0839. The van der Waals surface area contributed by atoms with Crippen molar-refractivity contribution in [1.82, 2.24) is 4.98 Å². The average Bonchev–Trinajstić information content (AvgIpc) is 1.94. The van der Waals surface area contributed by atoms with Gasteiger partial charge in [-0.25, -0.2) is 4.98 Å². The van der Waals surface area contributed by atoms with Crippen molar-refractivity contribution in [3.05, 3.63) is 30.0 Å². The third kappa shape index (κ3) is 1.35. The molecule has 1 aromatic heterocycles. The minimum Gasteiger partial charge on any atom is -0.493 e. The molecule has 2 heteroatoms. The Morgan fingerprint density at radius 3 is 3.00 bits per heavy atom. The third-order valence-corrected chi connectivity index (χ3v) is 1.16. The molecule has 0 bridgehead atoms. The van der Waals surface area contributed by atoms with Crippen LogP contribution in [0.3, 0.4) is 0 Å². The standard InChI is InChI=1S/C8H9NO/c1-2-4-7-5-3-6-9-8(7)10/h2-6H,1H3,(H,9,10)/b4-2+. The van der Waals surface area contributed by atoms with Crippen molar-refractivity contribution in [2.45, 2.75) is 6.92 Å². The lowest BCUT2D eigenvalue weighted by Gasteiger charge is -1.93. The molecule has 2 nitrogen and oxygen atoms in total. The lowest BCUT2D eigenvalue weighted by atomic mass is 10.2. The molecular weight excluding hydrogens is 126 g/mol. The van der Waals surface area contributed by atoms with Crippen LogP contribution in [-0.2, 0) is 0 Å². The van der Waals surface area contributed by atoms with Gasteiger partial charge >= 0.3 is 0 Å². The summed E-state index contributed by atoms with van der Waals surface area (Å²) in [5, 5.41) is 9.08. The first-order valence-corrected chi connectivity index (χ1v) is 3.11. The van der Waals surface area contributed by atoms with Gasteiger partial charge in [0.2, 0.25) is 5.88 Å². The van der Waals surface area contributed by atoms with E-state index in [0.717, 1.165) is 5.56 Å². The maximum atomic E-state index is 9.08. The van der Waals surface area contributed by atoms with E-state index in [9.17, 15) is 0 Å². The zero-order chi connectivity index (χ0) is 7.40. The number of allylic oxidation sites excluding steroid dienone is 1. The lowest BCUT2D eigenvalue weighted by molar-refractivity contribution is 0.452. The largest absolute Gasteiger partial charge is 0.493 e. The van der Waals surface area contributed by atoms with Gasteiger partial charge < -0.3 is 5.11 Å². The summed E-state index contributed by atoms with van der Waals surface area (Å²) in [7, 11) is 0. The van der Waals surface area contributed by atoms with Crippen LogP contribution in [-0.4, -0.2) is 10.1 Å². The highest BCUT2D eigenvalue weighted by molar-refractivity contribution is 5.53. The van der Waals surface area contributed by atoms with Crippen molar-refractivity contribution in [2.75, 3.05) is 0 Å². The van der Waals surface area contributed by atoms with Gasteiger partial charge in [0.25, 0.3) is 0 Å². The van der Waals surface area contributed by atoms with E-state index in [1.165, 1.54) is 0 Å². The molecular formula is C8H9NO. The molecule has 0 aliphatic carbocycles. The van der Waals surface area contributed by atoms with E-state index in [-0.39, 0.29) is 5.88 Å². The van der Waals surface area contributed by atoms with Gasteiger partial charge in [-0.2, -0.15) is 0 Å². The van der Waals surface area contributed by atoms with E-state index >= 15 is 0 Å². The molecule has 1 aromatic rings. The first kappa shape index (κ1) is 6.81.